The average molecular weight is 364 g/mol. The smallest absolute Gasteiger partial charge is 0.256 e. The van der Waals surface area contributed by atoms with Crippen LogP contribution in [0.5, 0.6) is 5.75 Å². The summed E-state index contributed by atoms with van der Waals surface area (Å²) >= 11 is 0. The van der Waals surface area contributed by atoms with Gasteiger partial charge in [-0.25, -0.2) is 9.97 Å². The first kappa shape index (κ1) is 17.5. The molecule has 1 amide bonds. The van der Waals surface area contributed by atoms with Crippen LogP contribution < -0.4 is 10.1 Å². The number of nitrogens with one attached hydrogen (secondary N) is 1. The molecule has 27 heavy (non-hydrogen) atoms. The maximum atomic E-state index is 12.9. The summed E-state index contributed by atoms with van der Waals surface area (Å²) in [6.07, 6.45) is 10.1. The van der Waals surface area contributed by atoms with Gasteiger partial charge in [0.15, 0.2) is 0 Å². The predicted octanol–water partition coefficient (Wildman–Crippen LogP) is 3.38. The summed E-state index contributed by atoms with van der Waals surface area (Å²) in [6, 6.07) is 8.08. The fourth-order valence-electron chi connectivity index (χ4n) is 3.68. The number of amides is 1. The standard InChI is InChI=1S/C21H24N4O2/c1-2-22-20-23-14-17(15-24-20)19(26)25-12-5-9-21(11-13-25)10-8-16-6-3-4-7-18(16)27-21/h3-4,6-8,10,14-15H,2,5,9,11-13H2,1H3,(H,22,23,24)/t21-/m0/s1. The van der Waals surface area contributed by atoms with E-state index in [4.69, 9.17) is 4.74 Å². The minimum atomic E-state index is -0.325. The summed E-state index contributed by atoms with van der Waals surface area (Å²) < 4.78 is 6.36. The van der Waals surface area contributed by atoms with Crippen LogP contribution in [0.15, 0.2) is 42.7 Å². The van der Waals surface area contributed by atoms with E-state index in [1.165, 1.54) is 0 Å². The van der Waals surface area contributed by atoms with Crippen molar-refractivity contribution in [2.24, 2.45) is 0 Å². The summed E-state index contributed by atoms with van der Waals surface area (Å²) in [4.78, 5) is 23.2. The van der Waals surface area contributed by atoms with Crippen molar-refractivity contribution in [3.63, 3.8) is 0 Å². The summed E-state index contributed by atoms with van der Waals surface area (Å²) in [5.41, 5.74) is 1.31. The molecule has 1 N–H and O–H groups in total. The maximum absolute atomic E-state index is 12.9. The summed E-state index contributed by atoms with van der Waals surface area (Å²) in [5, 5.41) is 3.04. The highest BCUT2D eigenvalue weighted by Crippen LogP contribution is 2.37. The third-order valence-corrected chi connectivity index (χ3v) is 5.15. The Kier molecular flexibility index (Phi) is 4.79. The molecule has 140 valence electrons. The average Bonchev–Trinajstić information content (AvgIpc) is 2.91. The molecule has 3 heterocycles. The van der Waals surface area contributed by atoms with Crippen LogP contribution in [0, 0.1) is 0 Å². The Bertz CT molecular complexity index is 850. The maximum Gasteiger partial charge on any atom is 0.256 e. The van der Waals surface area contributed by atoms with Crippen molar-refractivity contribution in [2.75, 3.05) is 25.0 Å². The molecule has 0 bridgehead atoms. The molecule has 0 radical (unpaired) electrons. The zero-order valence-corrected chi connectivity index (χ0v) is 15.5. The second kappa shape index (κ2) is 7.39. The van der Waals surface area contributed by atoms with Crippen LogP contribution in [-0.4, -0.2) is 46.0 Å². The Hall–Kier alpha value is -2.89. The number of benzene rings is 1. The van der Waals surface area contributed by atoms with Gasteiger partial charge in [0.25, 0.3) is 5.91 Å². The normalized spacial score (nSPS) is 21.3. The lowest BCUT2D eigenvalue weighted by atomic mass is 9.91. The van der Waals surface area contributed by atoms with Crippen molar-refractivity contribution in [2.45, 2.75) is 31.8 Å². The molecule has 1 aromatic carbocycles. The third kappa shape index (κ3) is 3.65. The second-order valence-electron chi connectivity index (χ2n) is 7.01. The number of carbonyl (C=O) groups is 1. The molecule has 2 aliphatic rings. The lowest BCUT2D eigenvalue weighted by Gasteiger charge is -2.34. The molecular formula is C21H24N4O2. The quantitative estimate of drug-likeness (QED) is 0.904. The van der Waals surface area contributed by atoms with E-state index in [0.29, 0.717) is 24.6 Å². The van der Waals surface area contributed by atoms with Crippen LogP contribution >= 0.6 is 0 Å². The van der Waals surface area contributed by atoms with Crippen molar-refractivity contribution >= 4 is 17.9 Å². The fraction of sp³-hybridized carbons (Fsp3) is 0.381. The molecular weight excluding hydrogens is 340 g/mol. The number of hydrogen-bond acceptors (Lipinski definition) is 5. The van der Waals surface area contributed by atoms with Crippen molar-refractivity contribution in [3.8, 4) is 5.75 Å². The monoisotopic (exact) mass is 364 g/mol. The van der Waals surface area contributed by atoms with Crippen LogP contribution in [-0.2, 0) is 0 Å². The summed E-state index contributed by atoms with van der Waals surface area (Å²) in [5.74, 6) is 1.45. The molecule has 2 aromatic rings. The summed E-state index contributed by atoms with van der Waals surface area (Å²) in [7, 11) is 0. The summed E-state index contributed by atoms with van der Waals surface area (Å²) in [6.45, 7) is 4.10. The van der Waals surface area contributed by atoms with Crippen LogP contribution in [0.25, 0.3) is 6.08 Å². The zero-order chi connectivity index (χ0) is 18.7. The first-order valence-corrected chi connectivity index (χ1v) is 9.52. The fourth-order valence-corrected chi connectivity index (χ4v) is 3.68. The highest BCUT2D eigenvalue weighted by molar-refractivity contribution is 5.93. The molecule has 4 rings (SSSR count). The van der Waals surface area contributed by atoms with Crippen molar-refractivity contribution in [3.05, 3.63) is 53.9 Å². The molecule has 1 atom stereocenters. The van der Waals surface area contributed by atoms with Gasteiger partial charge in [0.1, 0.15) is 11.4 Å². The zero-order valence-electron chi connectivity index (χ0n) is 15.5. The van der Waals surface area contributed by atoms with E-state index in [1.807, 2.05) is 30.0 Å². The SMILES string of the molecule is CCNc1ncc(C(=O)N2CCC[C@]3(C=Cc4ccccc4O3)CC2)cn1. The number of rotatable bonds is 3. The molecule has 0 unspecified atom stereocenters. The minimum Gasteiger partial charge on any atom is -0.483 e. The van der Waals surface area contributed by atoms with Crippen LogP contribution in [0.1, 0.15) is 42.1 Å². The number of carbonyl (C=O) groups excluding carboxylic acids is 1. The van der Waals surface area contributed by atoms with Crippen molar-refractivity contribution < 1.29 is 9.53 Å². The first-order valence-electron chi connectivity index (χ1n) is 9.52. The van der Waals surface area contributed by atoms with E-state index in [9.17, 15) is 4.79 Å². The Labute approximate surface area is 159 Å². The van der Waals surface area contributed by atoms with Gasteiger partial charge in [-0.3, -0.25) is 4.79 Å². The van der Waals surface area contributed by atoms with E-state index in [0.717, 1.165) is 37.1 Å². The van der Waals surface area contributed by atoms with Gasteiger partial charge in [0, 0.05) is 44.0 Å². The van der Waals surface area contributed by atoms with Crippen molar-refractivity contribution in [1.82, 2.24) is 14.9 Å². The minimum absolute atomic E-state index is 0.0183. The Morgan fingerprint density at radius 2 is 2.04 bits per heavy atom. The van der Waals surface area contributed by atoms with Crippen molar-refractivity contribution in [1.29, 1.82) is 0 Å². The molecule has 6 heteroatoms. The van der Waals surface area contributed by atoms with Crippen LogP contribution in [0.4, 0.5) is 5.95 Å². The molecule has 1 spiro atoms. The molecule has 1 saturated heterocycles. The molecule has 0 saturated carbocycles. The molecule has 1 aromatic heterocycles. The van der Waals surface area contributed by atoms with Crippen LogP contribution in [0.3, 0.4) is 0 Å². The molecule has 2 aliphatic heterocycles. The molecule has 1 fully saturated rings. The van der Waals surface area contributed by atoms with Gasteiger partial charge in [-0.15, -0.1) is 0 Å². The Morgan fingerprint density at radius 3 is 2.85 bits per heavy atom. The van der Waals surface area contributed by atoms with Gasteiger partial charge < -0.3 is 15.0 Å². The van der Waals surface area contributed by atoms with Gasteiger partial charge in [-0.2, -0.15) is 0 Å². The number of nitrogens with zero attached hydrogens (tertiary/aromatic N) is 3. The van der Waals surface area contributed by atoms with E-state index >= 15 is 0 Å². The highest BCUT2D eigenvalue weighted by atomic mass is 16.5. The van der Waals surface area contributed by atoms with Gasteiger partial charge in [-0.05, 0) is 31.9 Å². The van der Waals surface area contributed by atoms with E-state index in [-0.39, 0.29) is 11.5 Å². The largest absolute Gasteiger partial charge is 0.483 e. The number of hydrogen-bond donors (Lipinski definition) is 1. The van der Waals surface area contributed by atoms with Crippen LogP contribution in [0.2, 0.25) is 0 Å². The molecule has 0 aliphatic carbocycles. The predicted molar refractivity (Wildman–Crippen MR) is 105 cm³/mol. The lowest BCUT2D eigenvalue weighted by Crippen LogP contribution is -2.38. The second-order valence-corrected chi connectivity index (χ2v) is 7.01. The number of ether oxygens (including phenoxy) is 1. The van der Waals surface area contributed by atoms with Gasteiger partial charge >= 0.3 is 0 Å². The highest BCUT2D eigenvalue weighted by Gasteiger charge is 2.35. The third-order valence-electron chi connectivity index (χ3n) is 5.15. The topological polar surface area (TPSA) is 67.4 Å². The number of aromatic nitrogens is 2. The van der Waals surface area contributed by atoms with Gasteiger partial charge in [-0.1, -0.05) is 24.3 Å². The van der Waals surface area contributed by atoms with Gasteiger partial charge in [0.2, 0.25) is 5.95 Å². The number of likely N-dealkylation sites (tertiary alicyclic amines) is 1. The number of para-hydroxylation sites is 1. The lowest BCUT2D eigenvalue weighted by molar-refractivity contribution is 0.0729. The Balaban J connectivity index is 1.45. The number of fused-ring (bicyclic) bond motifs is 1. The number of anilines is 1. The molecule has 6 nitrogen and oxygen atoms in total. The van der Waals surface area contributed by atoms with E-state index < -0.39 is 0 Å². The van der Waals surface area contributed by atoms with E-state index in [2.05, 4.69) is 33.5 Å². The first-order chi connectivity index (χ1) is 13.2. The Morgan fingerprint density at radius 1 is 1.22 bits per heavy atom. The van der Waals surface area contributed by atoms with Gasteiger partial charge in [0.05, 0.1) is 5.56 Å². The van der Waals surface area contributed by atoms with E-state index in [1.54, 1.807) is 12.4 Å².